The number of rotatable bonds is 8. The Morgan fingerprint density at radius 3 is 2.32 bits per heavy atom. The van der Waals surface area contributed by atoms with Crippen molar-refractivity contribution in [1.82, 2.24) is 14.9 Å². The van der Waals surface area contributed by atoms with E-state index in [-0.39, 0.29) is 23.3 Å². The largest absolute Gasteiger partial charge is 0.351 e. The van der Waals surface area contributed by atoms with Gasteiger partial charge in [0.1, 0.15) is 0 Å². The Kier molecular flexibility index (Phi) is 8.41. The van der Waals surface area contributed by atoms with E-state index in [1.807, 2.05) is 4.90 Å². The SMILES string of the molecule is CC(=O)Nc1ccc(S(=O)(=O)N[C@@H](C)C(=O)NCc2cccc(C(=O)N3CCCCC3)c2)cc1. The fourth-order valence-corrected chi connectivity index (χ4v) is 4.91. The minimum atomic E-state index is -3.94. The van der Waals surface area contributed by atoms with E-state index in [4.69, 9.17) is 0 Å². The van der Waals surface area contributed by atoms with Gasteiger partial charge >= 0.3 is 0 Å². The minimum Gasteiger partial charge on any atom is -0.351 e. The van der Waals surface area contributed by atoms with Crippen molar-refractivity contribution in [1.29, 1.82) is 0 Å². The summed E-state index contributed by atoms with van der Waals surface area (Å²) in [4.78, 5) is 38.1. The average Bonchev–Trinajstić information content (AvgIpc) is 2.82. The summed E-state index contributed by atoms with van der Waals surface area (Å²) < 4.78 is 27.6. The van der Waals surface area contributed by atoms with E-state index < -0.39 is 22.0 Å². The van der Waals surface area contributed by atoms with Crippen molar-refractivity contribution in [2.45, 2.75) is 50.6 Å². The number of piperidine rings is 1. The maximum Gasteiger partial charge on any atom is 0.253 e. The Bertz CT molecular complexity index is 1140. The minimum absolute atomic E-state index is 0.0153. The maximum absolute atomic E-state index is 12.7. The van der Waals surface area contributed by atoms with Gasteiger partial charge in [-0.2, -0.15) is 4.72 Å². The van der Waals surface area contributed by atoms with Crippen LogP contribution in [-0.4, -0.2) is 50.2 Å². The molecular formula is C24H30N4O5S. The Morgan fingerprint density at radius 2 is 1.68 bits per heavy atom. The van der Waals surface area contributed by atoms with Crippen LogP contribution in [0.5, 0.6) is 0 Å². The summed E-state index contributed by atoms with van der Waals surface area (Å²) >= 11 is 0. The van der Waals surface area contributed by atoms with Crippen LogP contribution in [0.25, 0.3) is 0 Å². The zero-order chi connectivity index (χ0) is 24.7. The van der Waals surface area contributed by atoms with Crippen molar-refractivity contribution in [3.8, 4) is 0 Å². The van der Waals surface area contributed by atoms with Gasteiger partial charge in [-0.15, -0.1) is 0 Å². The van der Waals surface area contributed by atoms with Gasteiger partial charge in [0.2, 0.25) is 21.8 Å². The number of nitrogens with zero attached hydrogens (tertiary/aromatic N) is 1. The molecule has 34 heavy (non-hydrogen) atoms. The highest BCUT2D eigenvalue weighted by molar-refractivity contribution is 7.89. The van der Waals surface area contributed by atoms with Gasteiger partial charge in [-0.3, -0.25) is 14.4 Å². The molecule has 1 heterocycles. The summed E-state index contributed by atoms with van der Waals surface area (Å²) in [5, 5.41) is 5.27. The van der Waals surface area contributed by atoms with E-state index in [1.165, 1.54) is 38.1 Å². The molecule has 0 spiro atoms. The third kappa shape index (κ3) is 6.88. The maximum atomic E-state index is 12.7. The molecule has 0 radical (unpaired) electrons. The van der Waals surface area contributed by atoms with Crippen molar-refractivity contribution in [3.63, 3.8) is 0 Å². The molecule has 1 aliphatic heterocycles. The highest BCUT2D eigenvalue weighted by atomic mass is 32.2. The van der Waals surface area contributed by atoms with E-state index in [0.717, 1.165) is 37.9 Å². The number of anilines is 1. The van der Waals surface area contributed by atoms with Crippen molar-refractivity contribution in [2.75, 3.05) is 18.4 Å². The third-order valence-corrected chi connectivity index (χ3v) is 7.05. The van der Waals surface area contributed by atoms with E-state index >= 15 is 0 Å². The molecule has 0 aromatic heterocycles. The molecule has 3 amide bonds. The topological polar surface area (TPSA) is 125 Å². The van der Waals surface area contributed by atoms with Crippen molar-refractivity contribution in [3.05, 3.63) is 59.7 Å². The fraction of sp³-hybridized carbons (Fsp3) is 0.375. The van der Waals surface area contributed by atoms with Gasteiger partial charge < -0.3 is 15.5 Å². The van der Waals surface area contributed by atoms with Gasteiger partial charge in [-0.1, -0.05) is 12.1 Å². The van der Waals surface area contributed by atoms with Crippen LogP contribution in [-0.2, 0) is 26.2 Å². The number of carbonyl (C=O) groups excluding carboxylic acids is 3. The second kappa shape index (κ2) is 11.3. The number of sulfonamides is 1. The van der Waals surface area contributed by atoms with Crippen LogP contribution in [0.1, 0.15) is 49.0 Å². The molecule has 1 atom stereocenters. The molecule has 0 unspecified atom stereocenters. The van der Waals surface area contributed by atoms with Crippen LogP contribution >= 0.6 is 0 Å². The number of benzene rings is 2. The molecule has 10 heteroatoms. The highest BCUT2D eigenvalue weighted by Gasteiger charge is 2.22. The van der Waals surface area contributed by atoms with Crippen LogP contribution in [0.15, 0.2) is 53.4 Å². The van der Waals surface area contributed by atoms with Gasteiger partial charge in [0, 0.05) is 37.8 Å². The van der Waals surface area contributed by atoms with E-state index in [9.17, 15) is 22.8 Å². The Balaban J connectivity index is 1.56. The van der Waals surface area contributed by atoms with Crippen LogP contribution in [0.3, 0.4) is 0 Å². The fourth-order valence-electron chi connectivity index (χ4n) is 3.71. The molecule has 1 saturated heterocycles. The first kappa shape index (κ1) is 25.4. The average molecular weight is 487 g/mol. The summed E-state index contributed by atoms with van der Waals surface area (Å²) in [7, 11) is -3.94. The summed E-state index contributed by atoms with van der Waals surface area (Å²) in [6.07, 6.45) is 3.16. The van der Waals surface area contributed by atoms with Crippen molar-refractivity contribution in [2.24, 2.45) is 0 Å². The molecular weight excluding hydrogens is 456 g/mol. The van der Waals surface area contributed by atoms with Crippen LogP contribution in [0.2, 0.25) is 0 Å². The van der Waals surface area contributed by atoms with Gasteiger partial charge in [0.25, 0.3) is 5.91 Å². The summed E-state index contributed by atoms with van der Waals surface area (Å²) in [5.74, 6) is -0.773. The lowest BCUT2D eigenvalue weighted by molar-refractivity contribution is -0.122. The van der Waals surface area contributed by atoms with Gasteiger partial charge in [-0.05, 0) is 68.1 Å². The number of likely N-dealkylation sites (tertiary alicyclic amines) is 1. The lowest BCUT2D eigenvalue weighted by atomic mass is 10.1. The molecule has 0 aliphatic carbocycles. The number of amides is 3. The quantitative estimate of drug-likeness (QED) is 0.528. The van der Waals surface area contributed by atoms with Crippen LogP contribution < -0.4 is 15.4 Å². The smallest absolute Gasteiger partial charge is 0.253 e. The summed E-state index contributed by atoms with van der Waals surface area (Å²) in [6.45, 7) is 4.49. The second-order valence-electron chi connectivity index (χ2n) is 8.32. The first-order valence-corrected chi connectivity index (χ1v) is 12.7. The lowest BCUT2D eigenvalue weighted by Crippen LogP contribution is -2.44. The number of carbonyl (C=O) groups is 3. The molecule has 3 rings (SSSR count). The van der Waals surface area contributed by atoms with Gasteiger partial charge in [-0.25, -0.2) is 8.42 Å². The number of hydrogen-bond donors (Lipinski definition) is 3. The zero-order valence-corrected chi connectivity index (χ0v) is 20.2. The molecule has 0 saturated carbocycles. The van der Waals surface area contributed by atoms with Gasteiger partial charge in [0.05, 0.1) is 10.9 Å². The Labute approximate surface area is 200 Å². The molecule has 2 aromatic carbocycles. The van der Waals surface area contributed by atoms with E-state index in [0.29, 0.717) is 11.3 Å². The Morgan fingerprint density at radius 1 is 1.00 bits per heavy atom. The van der Waals surface area contributed by atoms with Crippen molar-refractivity contribution < 1.29 is 22.8 Å². The highest BCUT2D eigenvalue weighted by Crippen LogP contribution is 2.16. The van der Waals surface area contributed by atoms with E-state index in [1.54, 1.807) is 24.3 Å². The van der Waals surface area contributed by atoms with Crippen LogP contribution in [0.4, 0.5) is 5.69 Å². The van der Waals surface area contributed by atoms with Crippen molar-refractivity contribution >= 4 is 33.4 Å². The van der Waals surface area contributed by atoms with E-state index in [2.05, 4.69) is 15.4 Å². The predicted octanol–water partition coefficient (Wildman–Crippen LogP) is 2.25. The Hall–Kier alpha value is -3.24. The standard InChI is InChI=1S/C24H30N4O5S/c1-17(27-34(32,33)22-11-9-21(10-12-22)26-18(2)29)23(30)25-16-19-7-6-8-20(15-19)24(31)28-13-4-3-5-14-28/h6-12,15,17,27H,3-5,13-14,16H2,1-2H3,(H,25,30)(H,26,29)/t17-/m0/s1. The normalized spacial score (nSPS) is 14.8. The number of nitrogens with one attached hydrogen (secondary N) is 3. The molecule has 0 bridgehead atoms. The first-order chi connectivity index (χ1) is 16.2. The zero-order valence-electron chi connectivity index (χ0n) is 19.3. The van der Waals surface area contributed by atoms with Crippen LogP contribution in [0, 0.1) is 0 Å². The molecule has 1 aliphatic rings. The predicted molar refractivity (Wildman–Crippen MR) is 129 cm³/mol. The molecule has 2 aromatic rings. The molecule has 1 fully saturated rings. The van der Waals surface area contributed by atoms with Gasteiger partial charge in [0.15, 0.2) is 0 Å². The summed E-state index contributed by atoms with van der Waals surface area (Å²) in [6, 6.07) is 11.7. The summed E-state index contributed by atoms with van der Waals surface area (Å²) in [5.41, 5.74) is 1.79. The molecule has 182 valence electrons. The number of hydrogen-bond acceptors (Lipinski definition) is 5. The first-order valence-electron chi connectivity index (χ1n) is 11.2. The molecule has 9 nitrogen and oxygen atoms in total. The molecule has 3 N–H and O–H groups in total. The second-order valence-corrected chi connectivity index (χ2v) is 10.0. The monoisotopic (exact) mass is 486 g/mol. The third-order valence-electron chi connectivity index (χ3n) is 5.49. The lowest BCUT2D eigenvalue weighted by Gasteiger charge is -2.26.